The number of nitrogens with zero attached hydrogens (tertiary/aromatic N) is 2. The fourth-order valence-electron chi connectivity index (χ4n) is 3.08. The van der Waals surface area contributed by atoms with Crippen LogP contribution >= 0.6 is 23.2 Å². The molecular weight excluding hydrogens is 391 g/mol. The van der Waals surface area contributed by atoms with Crippen LogP contribution in [-0.2, 0) is 16.4 Å². The first-order valence-corrected chi connectivity index (χ1v) is 10.5. The summed E-state index contributed by atoms with van der Waals surface area (Å²) in [4.78, 5) is 5.03. The van der Waals surface area contributed by atoms with Crippen molar-refractivity contribution in [1.82, 2.24) is 4.57 Å². The highest BCUT2D eigenvalue weighted by Gasteiger charge is 2.20. The molecule has 0 aliphatic carbocycles. The molecule has 4 rings (SSSR count). The van der Waals surface area contributed by atoms with E-state index >= 15 is 0 Å². The molecule has 2 heterocycles. The van der Waals surface area contributed by atoms with Gasteiger partial charge in [0.15, 0.2) is 9.84 Å². The highest BCUT2D eigenvalue weighted by molar-refractivity contribution is 7.90. The van der Waals surface area contributed by atoms with E-state index < -0.39 is 9.84 Å². The van der Waals surface area contributed by atoms with Crippen molar-refractivity contribution in [3.05, 3.63) is 81.6 Å². The minimum Gasteiger partial charge on any atom is -0.315 e. The molecule has 0 saturated carbocycles. The minimum atomic E-state index is -3.24. The number of hydrogen-bond acceptors (Lipinski definition) is 3. The lowest BCUT2D eigenvalue weighted by molar-refractivity contribution is 0.602. The molecule has 7 heteroatoms. The minimum absolute atomic E-state index is 0.281. The topological polar surface area (TPSA) is 51.4 Å². The van der Waals surface area contributed by atoms with Gasteiger partial charge in [0.25, 0.3) is 0 Å². The van der Waals surface area contributed by atoms with Gasteiger partial charge in [-0.05, 0) is 36.4 Å². The zero-order valence-corrected chi connectivity index (χ0v) is 16.1. The molecule has 0 saturated heterocycles. The molecule has 3 aromatic rings. The van der Waals surface area contributed by atoms with Crippen molar-refractivity contribution >= 4 is 38.8 Å². The van der Waals surface area contributed by atoms with Crippen LogP contribution in [0, 0.1) is 0 Å². The van der Waals surface area contributed by atoms with Crippen LogP contribution in [0.25, 0.3) is 5.69 Å². The van der Waals surface area contributed by atoms with Gasteiger partial charge in [-0.3, -0.25) is 4.99 Å². The maximum Gasteiger partial charge on any atom is 0.175 e. The fourth-order valence-corrected chi connectivity index (χ4v) is 4.26. The molecule has 0 N–H and O–H groups in total. The molecule has 0 radical (unpaired) electrons. The zero-order valence-electron chi connectivity index (χ0n) is 13.8. The van der Waals surface area contributed by atoms with Crippen LogP contribution in [0.5, 0.6) is 0 Å². The molecule has 2 aromatic carbocycles. The van der Waals surface area contributed by atoms with Gasteiger partial charge in [0.2, 0.25) is 0 Å². The molecule has 0 spiro atoms. The monoisotopic (exact) mass is 404 g/mol. The summed E-state index contributed by atoms with van der Waals surface area (Å²) < 4.78 is 25.4. The van der Waals surface area contributed by atoms with E-state index in [0.29, 0.717) is 16.6 Å². The third-order valence-electron chi connectivity index (χ3n) is 4.34. The number of halogens is 2. The summed E-state index contributed by atoms with van der Waals surface area (Å²) in [5, 5.41) is 1.14. The first-order chi connectivity index (χ1) is 12.3. The van der Waals surface area contributed by atoms with Crippen molar-refractivity contribution in [2.24, 2.45) is 4.99 Å². The van der Waals surface area contributed by atoms with Crippen LogP contribution in [-0.4, -0.2) is 25.0 Å². The maximum absolute atomic E-state index is 11.7. The van der Waals surface area contributed by atoms with Crippen LogP contribution in [0.1, 0.15) is 16.8 Å². The summed E-state index contributed by atoms with van der Waals surface area (Å²) in [6, 6.07) is 14.2. The molecule has 0 fully saturated rings. The highest BCUT2D eigenvalue weighted by Crippen LogP contribution is 2.32. The second-order valence-electron chi connectivity index (χ2n) is 6.11. The van der Waals surface area contributed by atoms with Gasteiger partial charge in [-0.1, -0.05) is 35.3 Å². The Kier molecular flexibility index (Phi) is 4.18. The quantitative estimate of drug-likeness (QED) is 0.629. The molecule has 132 valence electrons. The van der Waals surface area contributed by atoms with E-state index in [9.17, 15) is 8.42 Å². The van der Waals surface area contributed by atoms with E-state index in [4.69, 9.17) is 28.2 Å². The Bertz CT molecular complexity index is 1150. The van der Waals surface area contributed by atoms with Crippen molar-refractivity contribution in [2.45, 2.75) is 11.4 Å². The van der Waals surface area contributed by atoms with E-state index in [2.05, 4.69) is 0 Å². The van der Waals surface area contributed by atoms with Gasteiger partial charge in [-0.25, -0.2) is 8.42 Å². The lowest BCUT2D eigenvalue weighted by atomic mass is 10.1. The molecule has 4 nitrogen and oxygen atoms in total. The first-order valence-electron chi connectivity index (χ1n) is 7.85. The largest absolute Gasteiger partial charge is 0.315 e. The van der Waals surface area contributed by atoms with Gasteiger partial charge in [-0.2, -0.15) is 0 Å². The lowest BCUT2D eigenvalue weighted by Gasteiger charge is -2.12. The second kappa shape index (κ2) is 6.27. The van der Waals surface area contributed by atoms with Gasteiger partial charge in [0, 0.05) is 33.6 Å². The fraction of sp³-hybridized carbons (Fsp3) is 0.105. The number of rotatable bonds is 2. The van der Waals surface area contributed by atoms with Crippen LogP contribution < -0.4 is 0 Å². The normalized spacial score (nSPS) is 13.6. The van der Waals surface area contributed by atoms with Gasteiger partial charge < -0.3 is 4.57 Å². The SMILES string of the molecule is CS(=O)(=O)c1ccc(C2=NCc3c(Cl)cc(Cl)cc3-n3cccc32)cc1. The zero-order chi connectivity index (χ0) is 18.5. The van der Waals surface area contributed by atoms with E-state index in [1.54, 1.807) is 30.3 Å². The molecule has 1 aliphatic heterocycles. The smallest absolute Gasteiger partial charge is 0.175 e. The van der Waals surface area contributed by atoms with Crippen molar-refractivity contribution in [3.8, 4) is 5.69 Å². The molecule has 1 aliphatic rings. The maximum atomic E-state index is 11.7. The van der Waals surface area contributed by atoms with Crippen LogP contribution in [0.3, 0.4) is 0 Å². The van der Waals surface area contributed by atoms with Gasteiger partial charge in [0.05, 0.1) is 28.5 Å². The van der Waals surface area contributed by atoms with Crippen LogP contribution in [0.15, 0.2) is 64.6 Å². The summed E-state index contributed by atoms with van der Waals surface area (Å²) >= 11 is 12.6. The first kappa shape index (κ1) is 17.3. The predicted octanol–water partition coefficient (Wildman–Crippen LogP) is 4.54. The second-order valence-corrected chi connectivity index (χ2v) is 8.97. The predicted molar refractivity (Wildman–Crippen MR) is 105 cm³/mol. The van der Waals surface area contributed by atoms with Gasteiger partial charge >= 0.3 is 0 Å². The number of fused-ring (bicyclic) bond motifs is 3. The molecule has 0 atom stereocenters. The standard InChI is InChI=1S/C19H14Cl2N2O2S/c1-26(24,25)14-6-4-12(5-7-14)19-17-3-2-8-23(17)18-10-13(20)9-16(21)15(18)11-22-19/h2-10H,11H2,1H3. The average Bonchev–Trinajstić information content (AvgIpc) is 2.99. The lowest BCUT2D eigenvalue weighted by Crippen LogP contribution is -2.09. The van der Waals surface area contributed by atoms with E-state index in [1.165, 1.54) is 6.26 Å². The Labute approximate surface area is 161 Å². The molecule has 1 aromatic heterocycles. The number of benzene rings is 2. The Balaban J connectivity index is 1.87. The summed E-state index contributed by atoms with van der Waals surface area (Å²) in [5.41, 5.74) is 4.31. The molecule has 0 amide bonds. The summed E-state index contributed by atoms with van der Waals surface area (Å²) in [6.07, 6.45) is 3.13. The Hall–Kier alpha value is -2.08. The third-order valence-corrected chi connectivity index (χ3v) is 6.02. The summed E-state index contributed by atoms with van der Waals surface area (Å²) in [5.74, 6) is 0. The van der Waals surface area contributed by atoms with Crippen molar-refractivity contribution in [3.63, 3.8) is 0 Å². The average molecular weight is 405 g/mol. The van der Waals surface area contributed by atoms with Gasteiger partial charge in [-0.15, -0.1) is 0 Å². The Morgan fingerprint density at radius 1 is 1.08 bits per heavy atom. The van der Waals surface area contributed by atoms with Crippen molar-refractivity contribution < 1.29 is 8.42 Å². The van der Waals surface area contributed by atoms with Crippen LogP contribution in [0.4, 0.5) is 0 Å². The highest BCUT2D eigenvalue weighted by atomic mass is 35.5. The molecular formula is C19H14Cl2N2O2S. The van der Waals surface area contributed by atoms with E-state index in [0.717, 1.165) is 28.2 Å². The summed E-state index contributed by atoms with van der Waals surface area (Å²) in [7, 11) is -3.24. The Morgan fingerprint density at radius 3 is 2.50 bits per heavy atom. The molecule has 0 bridgehead atoms. The van der Waals surface area contributed by atoms with E-state index in [1.807, 2.05) is 29.0 Å². The van der Waals surface area contributed by atoms with Crippen molar-refractivity contribution in [1.29, 1.82) is 0 Å². The van der Waals surface area contributed by atoms with Crippen LogP contribution in [0.2, 0.25) is 10.0 Å². The number of sulfone groups is 1. The number of aliphatic imine (C=N–C) groups is 1. The third kappa shape index (κ3) is 2.96. The molecule has 26 heavy (non-hydrogen) atoms. The van der Waals surface area contributed by atoms with Crippen molar-refractivity contribution in [2.75, 3.05) is 6.26 Å². The molecule has 0 unspecified atom stereocenters. The summed E-state index contributed by atoms with van der Waals surface area (Å²) in [6.45, 7) is 0.413. The number of aromatic nitrogens is 1. The van der Waals surface area contributed by atoms with Gasteiger partial charge in [0.1, 0.15) is 0 Å². The Morgan fingerprint density at radius 2 is 1.81 bits per heavy atom. The number of hydrogen-bond donors (Lipinski definition) is 0. The van der Waals surface area contributed by atoms with E-state index in [-0.39, 0.29) is 4.90 Å².